The highest BCUT2D eigenvalue weighted by Gasteiger charge is 2.51. The number of ether oxygens (including phenoxy) is 3. The van der Waals surface area contributed by atoms with E-state index in [9.17, 15) is 24.3 Å². The van der Waals surface area contributed by atoms with Gasteiger partial charge >= 0.3 is 12.1 Å². The summed E-state index contributed by atoms with van der Waals surface area (Å²) in [5.74, 6) is -0.909. The van der Waals surface area contributed by atoms with Gasteiger partial charge in [-0.2, -0.15) is 0 Å². The summed E-state index contributed by atoms with van der Waals surface area (Å²) in [4.78, 5) is 57.8. The molecule has 2 aliphatic rings. The van der Waals surface area contributed by atoms with Crippen molar-refractivity contribution in [3.05, 3.63) is 86.7 Å². The fourth-order valence-electron chi connectivity index (χ4n) is 6.70. The molecular formula is C37H40N4O8. The van der Waals surface area contributed by atoms with Crippen LogP contribution in [-0.2, 0) is 55.6 Å². The molecule has 0 radical (unpaired) electrons. The van der Waals surface area contributed by atoms with Gasteiger partial charge in [-0.3, -0.25) is 9.59 Å². The van der Waals surface area contributed by atoms with E-state index in [1.807, 2.05) is 13.8 Å². The van der Waals surface area contributed by atoms with Crippen LogP contribution in [-0.4, -0.2) is 39.2 Å². The first-order chi connectivity index (χ1) is 23.6. The normalized spacial score (nSPS) is 16.7. The number of pyridine rings is 2. The summed E-state index contributed by atoms with van der Waals surface area (Å²) in [6, 6.07) is 13.5. The third kappa shape index (κ3) is 6.24. The number of carbonyl (C=O) groups is 3. The number of fused-ring (bicyclic) bond motifs is 5. The van der Waals surface area contributed by atoms with Crippen LogP contribution < -0.4 is 16.6 Å². The van der Waals surface area contributed by atoms with Gasteiger partial charge in [-0.1, -0.05) is 39.3 Å². The highest BCUT2D eigenvalue weighted by molar-refractivity contribution is 5.92. The number of hydrogen-bond acceptors (Lipinski definition) is 10. The van der Waals surface area contributed by atoms with Crippen molar-refractivity contribution >= 4 is 34.6 Å². The van der Waals surface area contributed by atoms with E-state index < -0.39 is 17.7 Å². The molecule has 6 rings (SSSR count). The second kappa shape index (κ2) is 13.7. The van der Waals surface area contributed by atoms with Gasteiger partial charge in [0.1, 0.15) is 19.0 Å². The maximum absolute atomic E-state index is 13.9. The Morgan fingerprint density at radius 3 is 2.59 bits per heavy atom. The number of aromatic nitrogens is 2. The Balaban J connectivity index is 1.22. The van der Waals surface area contributed by atoms with Crippen LogP contribution in [0.3, 0.4) is 0 Å². The van der Waals surface area contributed by atoms with Crippen molar-refractivity contribution in [3.8, 4) is 17.1 Å². The lowest BCUT2D eigenvalue weighted by atomic mass is 9.85. The van der Waals surface area contributed by atoms with Crippen LogP contribution >= 0.6 is 0 Å². The number of aromatic hydroxyl groups is 1. The van der Waals surface area contributed by atoms with Gasteiger partial charge in [0.2, 0.25) is 11.5 Å². The summed E-state index contributed by atoms with van der Waals surface area (Å²) in [6.45, 7) is 6.00. The number of anilines is 1. The van der Waals surface area contributed by atoms with Gasteiger partial charge in [-0.15, -0.1) is 0 Å². The van der Waals surface area contributed by atoms with E-state index in [1.165, 1.54) is 0 Å². The van der Waals surface area contributed by atoms with Gasteiger partial charge < -0.3 is 34.9 Å². The Kier molecular flexibility index (Phi) is 9.42. The first-order valence-corrected chi connectivity index (χ1v) is 16.6. The Morgan fingerprint density at radius 1 is 1.10 bits per heavy atom. The molecule has 2 aromatic carbocycles. The second-order valence-corrected chi connectivity index (χ2v) is 12.6. The third-order valence-corrected chi connectivity index (χ3v) is 9.49. The number of hydrogen-bond donors (Lipinski definition) is 3. The van der Waals surface area contributed by atoms with E-state index in [1.54, 1.807) is 60.0 Å². The maximum Gasteiger partial charge on any atom is 0.510 e. The molecule has 4 heterocycles. The van der Waals surface area contributed by atoms with E-state index in [0.717, 1.165) is 35.8 Å². The summed E-state index contributed by atoms with van der Waals surface area (Å²) in [7, 11) is 0. The van der Waals surface area contributed by atoms with E-state index in [4.69, 9.17) is 24.9 Å². The lowest BCUT2D eigenvalue weighted by Gasteiger charge is -2.35. The smallest absolute Gasteiger partial charge is 0.508 e. The molecule has 0 saturated heterocycles. The molecule has 0 saturated carbocycles. The standard InChI is InChI=1S/C37H40N4O8/c1-4-25-26-16-24(42)13-14-30(26)40-32-27(25)18-41-31(32)17-29-28(34(41)44)20-47-35(45)37(29,5-2)49-36(46)48-19-22-9-11-23(12-10-22)39-33(43)21(3)8-6-7-15-38/h9-14,16-17,21,42H,4-8,15,18-20,38H2,1-3H3,(H,39,43)/t21?,37-/m0/s1. The molecule has 4 aromatic rings. The topological polar surface area (TPSA) is 172 Å². The summed E-state index contributed by atoms with van der Waals surface area (Å²) in [6.07, 6.45) is 2.04. The first-order valence-electron chi connectivity index (χ1n) is 16.6. The largest absolute Gasteiger partial charge is 0.510 e. The number of carbonyl (C=O) groups excluding carboxylic acids is 3. The number of esters is 1. The quantitative estimate of drug-likeness (QED) is 0.122. The number of amides is 1. The van der Waals surface area contributed by atoms with Crippen LogP contribution in [0.2, 0.25) is 0 Å². The Hall–Kier alpha value is -5.23. The zero-order chi connectivity index (χ0) is 34.9. The molecule has 1 unspecified atom stereocenters. The number of phenolic OH excluding ortho intramolecular Hbond substituents is 1. The molecule has 49 heavy (non-hydrogen) atoms. The monoisotopic (exact) mass is 668 g/mol. The predicted octanol–water partition coefficient (Wildman–Crippen LogP) is 5.41. The van der Waals surface area contributed by atoms with Crippen molar-refractivity contribution in [3.63, 3.8) is 0 Å². The molecule has 0 fully saturated rings. The van der Waals surface area contributed by atoms with Crippen LogP contribution in [0.15, 0.2) is 53.3 Å². The molecule has 0 aliphatic carbocycles. The lowest BCUT2D eigenvalue weighted by Crippen LogP contribution is -2.47. The van der Waals surface area contributed by atoms with Crippen molar-refractivity contribution in [2.24, 2.45) is 11.7 Å². The number of nitrogens with two attached hydrogens (primary N) is 1. The fraction of sp³-hybridized carbons (Fsp3) is 0.378. The molecule has 256 valence electrons. The number of nitrogens with zero attached hydrogens (tertiary/aromatic N) is 2. The highest BCUT2D eigenvalue weighted by atomic mass is 16.7. The maximum atomic E-state index is 13.9. The van der Waals surface area contributed by atoms with E-state index in [0.29, 0.717) is 41.1 Å². The summed E-state index contributed by atoms with van der Waals surface area (Å²) >= 11 is 0. The molecule has 12 heteroatoms. The van der Waals surface area contributed by atoms with Gasteiger partial charge in [-0.25, -0.2) is 14.6 Å². The summed E-state index contributed by atoms with van der Waals surface area (Å²) in [5, 5.41) is 13.8. The Bertz CT molecular complexity index is 2000. The van der Waals surface area contributed by atoms with Crippen molar-refractivity contribution in [1.29, 1.82) is 0 Å². The van der Waals surface area contributed by atoms with Gasteiger partial charge in [0, 0.05) is 28.1 Å². The second-order valence-electron chi connectivity index (χ2n) is 12.6. The average Bonchev–Trinajstić information content (AvgIpc) is 3.46. The highest BCUT2D eigenvalue weighted by Crippen LogP contribution is 2.42. The molecule has 2 atom stereocenters. The van der Waals surface area contributed by atoms with Crippen LogP contribution in [0, 0.1) is 5.92 Å². The summed E-state index contributed by atoms with van der Waals surface area (Å²) < 4.78 is 18.2. The van der Waals surface area contributed by atoms with Crippen molar-refractivity contribution in [1.82, 2.24) is 9.55 Å². The molecule has 1 amide bonds. The van der Waals surface area contributed by atoms with E-state index in [-0.39, 0.29) is 60.4 Å². The van der Waals surface area contributed by atoms with Gasteiger partial charge in [0.05, 0.1) is 29.0 Å². The third-order valence-electron chi connectivity index (χ3n) is 9.49. The number of cyclic esters (lactones) is 1. The number of unbranched alkanes of at least 4 members (excludes halogenated alkanes) is 1. The first kappa shape index (κ1) is 33.7. The van der Waals surface area contributed by atoms with Crippen molar-refractivity contribution in [2.45, 2.75) is 78.2 Å². The number of nitrogens with one attached hydrogen (secondary N) is 1. The summed E-state index contributed by atoms with van der Waals surface area (Å²) in [5.41, 5.74) is 8.57. The minimum absolute atomic E-state index is 0.00659. The Morgan fingerprint density at radius 2 is 1.88 bits per heavy atom. The van der Waals surface area contributed by atoms with Crippen LogP contribution in [0.25, 0.3) is 22.3 Å². The van der Waals surface area contributed by atoms with Gasteiger partial charge in [-0.05, 0) is 79.8 Å². The lowest BCUT2D eigenvalue weighted by molar-refractivity contribution is -0.175. The van der Waals surface area contributed by atoms with E-state index >= 15 is 0 Å². The zero-order valence-corrected chi connectivity index (χ0v) is 27.8. The minimum Gasteiger partial charge on any atom is -0.508 e. The number of aryl methyl sites for hydroxylation is 1. The van der Waals surface area contributed by atoms with Crippen LogP contribution in [0.1, 0.15) is 74.3 Å². The SMILES string of the molecule is CCc1c2c(nc3ccc(O)cc13)-c1cc3c(c(=O)n1C2)COC(=O)[C@@]3(CC)OC(=O)OCc1ccc(NC(=O)C(C)CCCCN)cc1. The molecular weight excluding hydrogens is 628 g/mol. The number of phenols is 1. The number of benzene rings is 2. The van der Waals surface area contributed by atoms with Crippen LogP contribution in [0.5, 0.6) is 5.75 Å². The fourth-order valence-corrected chi connectivity index (χ4v) is 6.70. The van der Waals surface area contributed by atoms with Crippen LogP contribution in [0.4, 0.5) is 10.5 Å². The van der Waals surface area contributed by atoms with Crippen molar-refractivity contribution < 1.29 is 33.7 Å². The number of rotatable bonds is 11. The molecule has 4 N–H and O–H groups in total. The molecule has 2 aromatic heterocycles. The van der Waals surface area contributed by atoms with Gasteiger partial charge in [0.25, 0.3) is 5.56 Å². The van der Waals surface area contributed by atoms with E-state index in [2.05, 4.69) is 5.32 Å². The Labute approximate surface area is 283 Å². The molecule has 0 spiro atoms. The molecule has 12 nitrogen and oxygen atoms in total. The molecule has 2 aliphatic heterocycles. The minimum atomic E-state index is -1.91. The van der Waals surface area contributed by atoms with Gasteiger partial charge in [0.15, 0.2) is 0 Å². The predicted molar refractivity (Wildman–Crippen MR) is 182 cm³/mol. The molecule has 0 bridgehead atoms. The van der Waals surface area contributed by atoms with Crippen molar-refractivity contribution in [2.75, 3.05) is 11.9 Å². The zero-order valence-electron chi connectivity index (χ0n) is 27.8. The average molecular weight is 669 g/mol.